The lowest BCUT2D eigenvalue weighted by atomic mass is 10.0. The van der Waals surface area contributed by atoms with Crippen molar-refractivity contribution in [1.29, 1.82) is 0 Å². The van der Waals surface area contributed by atoms with E-state index >= 15 is 0 Å². The van der Waals surface area contributed by atoms with Crippen molar-refractivity contribution >= 4 is 38.6 Å². The first kappa shape index (κ1) is 26.3. The standard InChI is InChI=1S/C27H28ClN5O4S/c1-16-10-12-18(13-11-16)38(35,36)23-19(17-8-6-5-7-9-17)32-20(26(34)37-27(2,3)4)22(23)33-15-31-21-24(28)29-14-30-25(21)33/h5-15,19-20,22-23,32H,1-4H3/t19-,20-,22-,23-/m1/s1. The molecule has 11 heteroatoms. The van der Waals surface area contributed by atoms with Crippen LogP contribution in [-0.2, 0) is 19.4 Å². The molecule has 3 heterocycles. The molecule has 5 rings (SSSR count). The Bertz CT molecular complexity index is 1580. The second-order valence-corrected chi connectivity index (χ2v) is 12.8. The number of hydrogen-bond donors (Lipinski definition) is 1. The Balaban J connectivity index is 1.75. The molecule has 0 amide bonds. The minimum atomic E-state index is -4.01. The van der Waals surface area contributed by atoms with Crippen LogP contribution < -0.4 is 5.32 Å². The largest absolute Gasteiger partial charge is 0.459 e. The molecule has 0 aliphatic carbocycles. The lowest BCUT2D eigenvalue weighted by Crippen LogP contribution is -2.43. The summed E-state index contributed by atoms with van der Waals surface area (Å²) < 4.78 is 36.2. The van der Waals surface area contributed by atoms with Crippen molar-refractivity contribution < 1.29 is 17.9 Å². The number of fused-ring (bicyclic) bond motifs is 1. The summed E-state index contributed by atoms with van der Waals surface area (Å²) in [6, 6.07) is 13.2. The van der Waals surface area contributed by atoms with Gasteiger partial charge >= 0.3 is 5.97 Å². The van der Waals surface area contributed by atoms with E-state index in [9.17, 15) is 13.2 Å². The smallest absolute Gasteiger partial charge is 0.325 e. The van der Waals surface area contributed by atoms with Crippen LogP contribution in [0.5, 0.6) is 0 Å². The molecule has 0 spiro atoms. The Hall–Kier alpha value is -3.34. The lowest BCUT2D eigenvalue weighted by Gasteiger charge is -2.28. The highest BCUT2D eigenvalue weighted by Gasteiger charge is 2.55. The number of carbonyl (C=O) groups excluding carboxylic acids is 1. The Morgan fingerprint density at radius 1 is 1.03 bits per heavy atom. The lowest BCUT2D eigenvalue weighted by molar-refractivity contribution is -0.158. The molecule has 4 aromatic rings. The summed E-state index contributed by atoms with van der Waals surface area (Å²) >= 11 is 6.27. The predicted octanol–water partition coefficient (Wildman–Crippen LogP) is 4.23. The fourth-order valence-electron chi connectivity index (χ4n) is 4.90. The number of nitrogens with zero attached hydrogens (tertiary/aromatic N) is 4. The molecular formula is C27H28ClN5O4S. The van der Waals surface area contributed by atoms with Gasteiger partial charge in [0.2, 0.25) is 0 Å². The van der Waals surface area contributed by atoms with Crippen LogP contribution in [0, 0.1) is 6.92 Å². The number of aryl methyl sites for hydroxylation is 1. The summed E-state index contributed by atoms with van der Waals surface area (Å²) in [4.78, 5) is 26.5. The number of aromatic nitrogens is 4. The summed E-state index contributed by atoms with van der Waals surface area (Å²) in [6.45, 7) is 7.19. The first-order chi connectivity index (χ1) is 18.0. The van der Waals surface area contributed by atoms with Gasteiger partial charge in [0.25, 0.3) is 0 Å². The summed E-state index contributed by atoms with van der Waals surface area (Å²) in [5.74, 6) is -0.577. The number of sulfone groups is 1. The van der Waals surface area contributed by atoms with Crippen molar-refractivity contribution in [2.75, 3.05) is 0 Å². The minimum absolute atomic E-state index is 0.131. The highest BCUT2D eigenvalue weighted by Crippen LogP contribution is 2.43. The Kier molecular flexibility index (Phi) is 6.75. The van der Waals surface area contributed by atoms with Crippen LogP contribution in [0.4, 0.5) is 0 Å². The van der Waals surface area contributed by atoms with Crippen molar-refractivity contribution in [2.24, 2.45) is 0 Å². The van der Waals surface area contributed by atoms with Gasteiger partial charge < -0.3 is 9.30 Å². The average molecular weight is 554 g/mol. The van der Waals surface area contributed by atoms with Crippen LogP contribution >= 0.6 is 11.6 Å². The molecule has 198 valence electrons. The predicted molar refractivity (Wildman–Crippen MR) is 143 cm³/mol. The number of carbonyl (C=O) groups is 1. The van der Waals surface area contributed by atoms with E-state index in [-0.39, 0.29) is 10.0 Å². The molecule has 1 fully saturated rings. The van der Waals surface area contributed by atoms with Crippen LogP contribution in [-0.4, -0.2) is 50.8 Å². The maximum absolute atomic E-state index is 14.4. The van der Waals surface area contributed by atoms with Crippen molar-refractivity contribution in [2.45, 2.75) is 61.6 Å². The zero-order chi connectivity index (χ0) is 27.2. The van der Waals surface area contributed by atoms with Gasteiger partial charge in [0, 0.05) is 0 Å². The van der Waals surface area contributed by atoms with Crippen molar-refractivity contribution in [1.82, 2.24) is 24.8 Å². The number of imidazole rings is 1. The van der Waals surface area contributed by atoms with Gasteiger partial charge in [0.1, 0.15) is 28.7 Å². The molecule has 1 N–H and O–H groups in total. The number of nitrogens with one attached hydrogen (secondary N) is 1. The first-order valence-corrected chi connectivity index (χ1v) is 14.1. The summed E-state index contributed by atoms with van der Waals surface area (Å²) in [5.41, 5.74) is 1.50. The zero-order valence-electron chi connectivity index (χ0n) is 21.4. The van der Waals surface area contributed by atoms with Gasteiger partial charge in [-0.15, -0.1) is 0 Å². The van der Waals surface area contributed by atoms with Gasteiger partial charge in [-0.2, -0.15) is 0 Å². The fourth-order valence-corrected chi connectivity index (χ4v) is 7.16. The third kappa shape index (κ3) is 4.79. The van der Waals surface area contributed by atoms with Gasteiger partial charge in [-0.05, 0) is 45.4 Å². The zero-order valence-corrected chi connectivity index (χ0v) is 22.9. The third-order valence-corrected chi connectivity index (χ3v) is 9.00. The molecule has 38 heavy (non-hydrogen) atoms. The topological polar surface area (TPSA) is 116 Å². The molecule has 0 unspecified atom stereocenters. The van der Waals surface area contributed by atoms with Gasteiger partial charge in [-0.25, -0.2) is 23.4 Å². The number of ether oxygens (including phenoxy) is 1. The monoisotopic (exact) mass is 553 g/mol. The number of halogens is 1. The molecule has 0 saturated carbocycles. The quantitative estimate of drug-likeness (QED) is 0.288. The van der Waals surface area contributed by atoms with E-state index in [1.54, 1.807) is 49.6 Å². The average Bonchev–Trinajstić information content (AvgIpc) is 3.47. The van der Waals surface area contributed by atoms with E-state index in [2.05, 4.69) is 20.3 Å². The van der Waals surface area contributed by atoms with E-state index in [0.29, 0.717) is 11.2 Å². The minimum Gasteiger partial charge on any atom is -0.459 e. The maximum Gasteiger partial charge on any atom is 0.325 e. The van der Waals surface area contributed by atoms with Crippen molar-refractivity contribution in [3.8, 4) is 0 Å². The van der Waals surface area contributed by atoms with Gasteiger partial charge in [0.05, 0.1) is 23.3 Å². The van der Waals surface area contributed by atoms with E-state index in [1.165, 1.54) is 12.7 Å². The van der Waals surface area contributed by atoms with Crippen LogP contribution in [0.15, 0.2) is 72.1 Å². The molecule has 0 radical (unpaired) electrons. The maximum atomic E-state index is 14.4. The molecule has 1 aliphatic rings. The van der Waals surface area contributed by atoms with Crippen LogP contribution in [0.1, 0.15) is 44.0 Å². The van der Waals surface area contributed by atoms with Gasteiger partial charge in [-0.3, -0.25) is 10.1 Å². The highest BCUT2D eigenvalue weighted by atomic mass is 35.5. The molecule has 4 atom stereocenters. The molecular weight excluding hydrogens is 526 g/mol. The summed E-state index contributed by atoms with van der Waals surface area (Å²) in [5, 5.41) is 2.32. The summed E-state index contributed by atoms with van der Waals surface area (Å²) in [7, 11) is -4.01. The fraction of sp³-hybridized carbons (Fsp3) is 0.333. The molecule has 1 aliphatic heterocycles. The highest BCUT2D eigenvalue weighted by molar-refractivity contribution is 7.92. The SMILES string of the molecule is Cc1ccc(S(=O)(=O)[C@H]2[C@H](n3cnc4c(Cl)ncnc43)[C@H](C(=O)OC(C)(C)C)N[C@@H]2c2ccccc2)cc1. The van der Waals surface area contributed by atoms with Crippen LogP contribution in [0.2, 0.25) is 5.15 Å². The number of hydrogen-bond acceptors (Lipinski definition) is 8. The van der Waals surface area contributed by atoms with E-state index in [1.807, 2.05) is 37.3 Å². The summed E-state index contributed by atoms with van der Waals surface area (Å²) in [6.07, 6.45) is 2.74. The normalized spacial score (nSPS) is 22.0. The van der Waals surface area contributed by atoms with Crippen LogP contribution in [0.25, 0.3) is 11.2 Å². The molecule has 0 bridgehead atoms. The molecule has 2 aromatic carbocycles. The van der Waals surface area contributed by atoms with Crippen molar-refractivity contribution in [3.05, 3.63) is 83.5 Å². The van der Waals surface area contributed by atoms with Gasteiger partial charge in [0.15, 0.2) is 20.6 Å². The Morgan fingerprint density at radius 3 is 2.37 bits per heavy atom. The number of benzene rings is 2. The van der Waals surface area contributed by atoms with Crippen LogP contribution in [0.3, 0.4) is 0 Å². The van der Waals surface area contributed by atoms with E-state index in [0.717, 1.165) is 11.1 Å². The molecule has 9 nitrogen and oxygen atoms in total. The third-order valence-electron chi connectivity index (χ3n) is 6.53. The molecule has 2 aromatic heterocycles. The molecule has 1 saturated heterocycles. The van der Waals surface area contributed by atoms with E-state index < -0.39 is 44.8 Å². The second-order valence-electron chi connectivity index (χ2n) is 10.4. The Morgan fingerprint density at radius 2 is 1.71 bits per heavy atom. The van der Waals surface area contributed by atoms with Crippen molar-refractivity contribution in [3.63, 3.8) is 0 Å². The van der Waals surface area contributed by atoms with Gasteiger partial charge in [-0.1, -0.05) is 59.6 Å². The number of esters is 1. The van der Waals surface area contributed by atoms with E-state index in [4.69, 9.17) is 16.3 Å². The Labute approximate surface area is 226 Å². The second kappa shape index (κ2) is 9.76. The first-order valence-electron chi connectivity index (χ1n) is 12.1. The number of rotatable bonds is 5.